The predicted molar refractivity (Wildman–Crippen MR) is 33.8 cm³/mol. The van der Waals surface area contributed by atoms with Crippen molar-refractivity contribution in [2.75, 3.05) is 0 Å². The predicted octanol–water partition coefficient (Wildman–Crippen LogP) is -4.07. The first-order chi connectivity index (χ1) is 3.00. The van der Waals surface area contributed by atoms with E-state index in [4.69, 9.17) is 31.5 Å². The molecule has 0 heterocycles. The quantitative estimate of drug-likeness (QED) is 0.163. The fraction of sp³-hybridized carbons (Fsp3) is 0. The van der Waals surface area contributed by atoms with Gasteiger partial charge in [0.25, 0.3) is 0 Å². The van der Waals surface area contributed by atoms with Crippen LogP contribution in [0, 0.1) is 0 Å². The molecular formula is H16O11. The molecule has 0 saturated heterocycles. The molecule has 0 aliphatic rings. The maximum atomic E-state index is 6.00. The minimum Gasteiger partial charge on any atom is -0.412 e. The van der Waals surface area contributed by atoms with Gasteiger partial charge in [-0.05, 0) is 0 Å². The average Bonchev–Trinajstić information content (AvgIpc) is 1.81. The van der Waals surface area contributed by atoms with E-state index in [9.17, 15) is 0 Å². The Balaban J connectivity index is -0.00000000167. The van der Waals surface area contributed by atoms with Gasteiger partial charge in [-0.25, -0.2) is 0 Å². The van der Waals surface area contributed by atoms with Crippen LogP contribution >= 0.6 is 0 Å². The summed E-state index contributed by atoms with van der Waals surface area (Å²) in [4.78, 5) is 0. The third-order valence-corrected chi connectivity index (χ3v) is 0. The van der Waals surface area contributed by atoms with Crippen LogP contribution in [0.5, 0.6) is 0 Å². The van der Waals surface area contributed by atoms with E-state index in [1.54, 1.807) is 0 Å². The van der Waals surface area contributed by atoms with Crippen molar-refractivity contribution < 1.29 is 58.9 Å². The maximum Gasteiger partial charge on any atom is -0.255 e. The second kappa shape index (κ2) is 3620. The van der Waals surface area contributed by atoms with E-state index < -0.39 is 0 Å². The summed E-state index contributed by atoms with van der Waals surface area (Å²) < 4.78 is 0. The molecule has 82 valence electrons. The number of hydrogen-bond acceptors (Lipinski definition) is 6. The Bertz CT molecular complexity index is 0. The van der Waals surface area contributed by atoms with Gasteiger partial charge in [0.05, 0.1) is 0 Å². The summed E-state index contributed by atoms with van der Waals surface area (Å²) in [7, 11) is 0. The monoisotopic (exact) mass is 192 g/mol. The molecule has 16 N–H and O–H groups in total. The molecule has 0 atom stereocenters. The summed E-state index contributed by atoms with van der Waals surface area (Å²) in [5.74, 6) is 0. The molecule has 0 radical (unpaired) electrons. The third-order valence-electron chi connectivity index (χ3n) is 0. The Kier molecular flexibility index (Phi) is 48400. The van der Waals surface area contributed by atoms with Gasteiger partial charge in [-0.1, -0.05) is 0 Å². The molecule has 11 nitrogen and oxygen atoms in total. The Hall–Kier alpha value is -0.440. The van der Waals surface area contributed by atoms with Crippen LogP contribution in [0.1, 0.15) is 0 Å². The zero-order chi connectivity index (χ0) is 6.00. The van der Waals surface area contributed by atoms with Crippen molar-refractivity contribution in [2.45, 2.75) is 0 Å². The minimum absolute atomic E-state index is 0. The maximum absolute atomic E-state index is 6.00. The highest BCUT2D eigenvalue weighted by Crippen LogP contribution is 0.715. The summed E-state index contributed by atoms with van der Waals surface area (Å²) >= 11 is 0. The van der Waals surface area contributed by atoms with Crippen molar-refractivity contribution in [3.63, 3.8) is 0 Å². The highest BCUT2D eigenvalue weighted by molar-refractivity contribution is 1.83. The van der Waals surface area contributed by atoms with Crippen LogP contribution in [0.3, 0.4) is 0 Å². The fourth-order valence-electron chi connectivity index (χ4n) is 0. The van der Waals surface area contributed by atoms with E-state index in [1.165, 1.54) is 0 Å². The van der Waals surface area contributed by atoms with E-state index in [-0.39, 0.29) is 27.4 Å². The Morgan fingerprint density at radius 2 is 0.273 bits per heavy atom. The molecule has 0 aromatic carbocycles. The summed E-state index contributed by atoms with van der Waals surface area (Å²) in [6, 6.07) is 0. The molecule has 0 saturated carbocycles. The van der Waals surface area contributed by atoms with Gasteiger partial charge < -0.3 is 27.4 Å². The molecule has 0 unspecified atom stereocenters. The Morgan fingerprint density at radius 1 is 0.273 bits per heavy atom. The topological polar surface area (TPSA) is 279 Å². The van der Waals surface area contributed by atoms with Crippen LogP contribution in [0.2, 0.25) is 0 Å². The lowest BCUT2D eigenvalue weighted by molar-refractivity contribution is -0.176. The SMILES string of the molecule is O.O.O.O.O.OO.OO.OO. The van der Waals surface area contributed by atoms with Crippen LogP contribution in [0.4, 0.5) is 0 Å². The van der Waals surface area contributed by atoms with Crippen molar-refractivity contribution in [1.29, 1.82) is 0 Å². The lowest BCUT2D eigenvalue weighted by Crippen LogP contribution is -1.29. The summed E-state index contributed by atoms with van der Waals surface area (Å²) in [5, 5.41) is 36.0. The van der Waals surface area contributed by atoms with Crippen molar-refractivity contribution in [2.24, 2.45) is 0 Å². The van der Waals surface area contributed by atoms with Crippen molar-refractivity contribution >= 4 is 0 Å². The molecule has 0 amide bonds. The molecular weight excluding hydrogens is 176 g/mol. The van der Waals surface area contributed by atoms with Gasteiger partial charge >= 0.3 is 0 Å². The minimum atomic E-state index is 0. The molecule has 0 aromatic rings. The largest absolute Gasteiger partial charge is 0.412 e. The smallest absolute Gasteiger partial charge is 0.255 e. The molecule has 0 fully saturated rings. The van der Waals surface area contributed by atoms with Crippen LogP contribution < -0.4 is 0 Å². The fourth-order valence-corrected chi connectivity index (χ4v) is 0. The normalized spacial score (nSPS) is 1.64. The zero-order valence-corrected chi connectivity index (χ0v) is 5.18. The molecule has 11 heteroatoms. The van der Waals surface area contributed by atoms with Crippen LogP contribution in [-0.4, -0.2) is 58.9 Å². The molecule has 0 spiro atoms. The standard InChI is InChI=1S/3H2O2.5H2O/c3*1-2;;;;;/h3*1-2H;5*1H2. The summed E-state index contributed by atoms with van der Waals surface area (Å²) in [6.45, 7) is 0. The van der Waals surface area contributed by atoms with Gasteiger partial charge in [-0.15, -0.1) is 0 Å². The van der Waals surface area contributed by atoms with Crippen LogP contribution in [0.15, 0.2) is 0 Å². The summed E-state index contributed by atoms with van der Waals surface area (Å²) in [6.07, 6.45) is 0. The van der Waals surface area contributed by atoms with Gasteiger partial charge in [-0.3, -0.25) is 31.5 Å². The summed E-state index contributed by atoms with van der Waals surface area (Å²) in [5.41, 5.74) is 0. The van der Waals surface area contributed by atoms with Crippen molar-refractivity contribution in [3.8, 4) is 0 Å². The van der Waals surface area contributed by atoms with Crippen LogP contribution in [0.25, 0.3) is 0 Å². The second-order valence-corrected chi connectivity index (χ2v) is 0. The molecule has 0 bridgehead atoms. The van der Waals surface area contributed by atoms with Crippen molar-refractivity contribution in [3.05, 3.63) is 0 Å². The van der Waals surface area contributed by atoms with E-state index in [0.717, 1.165) is 0 Å². The van der Waals surface area contributed by atoms with Gasteiger partial charge in [0.2, 0.25) is 0 Å². The Labute approximate surface area is 60.3 Å². The van der Waals surface area contributed by atoms with Crippen LogP contribution in [-0.2, 0) is 0 Å². The second-order valence-electron chi connectivity index (χ2n) is 0. The van der Waals surface area contributed by atoms with Gasteiger partial charge in [0.1, 0.15) is 0 Å². The third kappa shape index (κ3) is 2820. The van der Waals surface area contributed by atoms with E-state index >= 15 is 0 Å². The Morgan fingerprint density at radius 3 is 0.273 bits per heavy atom. The molecule has 0 aliphatic carbocycles. The lowest BCUT2D eigenvalue weighted by atomic mass is 15.0. The molecule has 0 rings (SSSR count). The molecule has 11 heavy (non-hydrogen) atoms. The number of rotatable bonds is 0. The van der Waals surface area contributed by atoms with E-state index in [0.29, 0.717) is 0 Å². The molecule has 0 aromatic heterocycles. The average molecular weight is 192 g/mol. The van der Waals surface area contributed by atoms with E-state index in [1.807, 2.05) is 0 Å². The van der Waals surface area contributed by atoms with Gasteiger partial charge in [0, 0.05) is 0 Å². The first-order valence-corrected chi connectivity index (χ1v) is 0.600. The van der Waals surface area contributed by atoms with Gasteiger partial charge in [0.15, 0.2) is 0 Å². The van der Waals surface area contributed by atoms with Crippen molar-refractivity contribution in [1.82, 2.24) is 0 Å². The highest BCUT2D eigenvalue weighted by atomic mass is 17.0. The highest BCUT2D eigenvalue weighted by Gasteiger charge is 0.749. The van der Waals surface area contributed by atoms with Gasteiger partial charge in [-0.2, -0.15) is 0 Å². The zero-order valence-electron chi connectivity index (χ0n) is 5.18. The lowest BCUT2D eigenvalue weighted by Gasteiger charge is -1.25. The molecule has 0 aliphatic heterocycles. The van der Waals surface area contributed by atoms with E-state index in [2.05, 4.69) is 0 Å². The number of hydrogen-bond donors (Lipinski definition) is 6. The first kappa shape index (κ1) is 147. The first-order valence-electron chi connectivity index (χ1n) is 0.600.